The third-order valence-corrected chi connectivity index (χ3v) is 11.6. The molecule has 0 aromatic rings. The molecule has 7 heteroatoms. The summed E-state index contributed by atoms with van der Waals surface area (Å²) >= 11 is 0. The van der Waals surface area contributed by atoms with Crippen LogP contribution >= 0.6 is 0 Å². The van der Waals surface area contributed by atoms with Crippen molar-refractivity contribution in [2.75, 3.05) is 34.0 Å². The Morgan fingerprint density at radius 1 is 1.20 bits per heavy atom. The Hall–Kier alpha value is -0.990. The topological polar surface area (TPSA) is 83.5 Å². The molecule has 6 aliphatic rings. The molecular weight excluding hydrogens is 448 g/mol. The predicted octanol–water partition coefficient (Wildman–Crippen LogP) is 3.13. The quantitative estimate of drug-likeness (QED) is 0.479. The first kappa shape index (κ1) is 24.4. The average Bonchev–Trinajstić information content (AvgIpc) is 3.59. The van der Waals surface area contributed by atoms with Crippen LogP contribution in [0.3, 0.4) is 0 Å². The molecule has 3 aliphatic heterocycles. The molecule has 3 saturated heterocycles. The van der Waals surface area contributed by atoms with Crippen molar-refractivity contribution in [1.82, 2.24) is 0 Å². The molecule has 3 heterocycles. The Morgan fingerprint density at radius 2 is 1.97 bits per heavy atom. The van der Waals surface area contributed by atoms with Gasteiger partial charge in [-0.25, -0.2) is 0 Å². The normalized spacial score (nSPS) is 54.5. The van der Waals surface area contributed by atoms with Crippen molar-refractivity contribution >= 4 is 5.97 Å². The van der Waals surface area contributed by atoms with Crippen molar-refractivity contribution in [1.29, 1.82) is 0 Å². The van der Waals surface area contributed by atoms with E-state index in [2.05, 4.69) is 27.7 Å². The van der Waals surface area contributed by atoms with Gasteiger partial charge in [0.25, 0.3) is 0 Å². The molecule has 7 nitrogen and oxygen atoms in total. The molecule has 0 amide bonds. The zero-order valence-corrected chi connectivity index (χ0v) is 22.0. The number of aliphatic hydroxyl groups is 1. The van der Waals surface area contributed by atoms with Crippen LogP contribution in [0.5, 0.6) is 0 Å². The van der Waals surface area contributed by atoms with E-state index in [1.54, 1.807) is 7.11 Å². The van der Waals surface area contributed by atoms with Gasteiger partial charge in [0.2, 0.25) is 0 Å². The van der Waals surface area contributed by atoms with E-state index in [9.17, 15) is 9.90 Å². The number of hydrogen-bond donors (Lipinski definition) is 1. The molecule has 0 radical (unpaired) electrons. The van der Waals surface area contributed by atoms with Gasteiger partial charge in [0.1, 0.15) is 0 Å². The van der Waals surface area contributed by atoms with Gasteiger partial charge in [-0.15, -0.1) is 0 Å². The molecule has 0 aromatic heterocycles. The molecule has 5 fully saturated rings. The maximum absolute atomic E-state index is 12.9. The van der Waals surface area contributed by atoms with Crippen LogP contribution in [0.15, 0.2) is 11.1 Å². The lowest BCUT2D eigenvalue weighted by Gasteiger charge is -2.65. The van der Waals surface area contributed by atoms with E-state index in [4.69, 9.17) is 23.7 Å². The second-order valence-corrected chi connectivity index (χ2v) is 12.8. The van der Waals surface area contributed by atoms with Crippen molar-refractivity contribution in [3.05, 3.63) is 11.1 Å². The zero-order valence-electron chi connectivity index (χ0n) is 22.0. The summed E-state index contributed by atoms with van der Waals surface area (Å²) < 4.78 is 30.5. The van der Waals surface area contributed by atoms with Gasteiger partial charge in [-0.3, -0.25) is 4.79 Å². The molecule has 0 aromatic carbocycles. The molecule has 6 rings (SSSR count). The lowest BCUT2D eigenvalue weighted by molar-refractivity contribution is -0.246. The Bertz CT molecular complexity index is 926. The van der Waals surface area contributed by atoms with E-state index >= 15 is 0 Å². The van der Waals surface area contributed by atoms with Crippen molar-refractivity contribution in [2.45, 2.75) is 83.9 Å². The molecule has 3 aliphatic carbocycles. The second kappa shape index (κ2) is 8.00. The van der Waals surface area contributed by atoms with Gasteiger partial charge in [-0.05, 0) is 43.1 Å². The highest BCUT2D eigenvalue weighted by atomic mass is 16.6. The van der Waals surface area contributed by atoms with Crippen molar-refractivity contribution in [3.8, 4) is 0 Å². The van der Waals surface area contributed by atoms with Crippen LogP contribution in [0, 0.1) is 39.9 Å². The number of esters is 1. The lowest BCUT2D eigenvalue weighted by Crippen LogP contribution is -2.70. The summed E-state index contributed by atoms with van der Waals surface area (Å²) in [5.74, 6) is 0.644. The minimum Gasteiger partial charge on any atom is -0.469 e. The van der Waals surface area contributed by atoms with Crippen LogP contribution in [0.1, 0.15) is 53.4 Å². The molecule has 35 heavy (non-hydrogen) atoms. The predicted molar refractivity (Wildman–Crippen MR) is 127 cm³/mol. The molecule has 2 saturated carbocycles. The molecule has 0 bridgehead atoms. The number of methoxy groups -OCH3 is 2. The highest BCUT2D eigenvalue weighted by Crippen LogP contribution is 2.73. The van der Waals surface area contributed by atoms with Crippen molar-refractivity contribution in [3.63, 3.8) is 0 Å². The summed E-state index contributed by atoms with van der Waals surface area (Å²) in [6.07, 6.45) is 1.89. The second-order valence-electron chi connectivity index (χ2n) is 12.8. The molecule has 0 spiro atoms. The standard InChI is InChI=1S/C28H42O7/c1-14-16(15-7-8-33-12-15)9-17-22(14)28(4)18(10-21(30)32-6)27(3)19(29)11-20(31-5)26(2)13-34-23(24(26)27)25(28)35-17/h15-20,23-25,29H,7-13H2,1-6H3/t15?,16-,17-,18?,19+,20-,23-,24+,25-,26-,27+,28-/m1/s1. The lowest BCUT2D eigenvalue weighted by atomic mass is 9.40. The van der Waals surface area contributed by atoms with Gasteiger partial charge < -0.3 is 28.8 Å². The Morgan fingerprint density at radius 3 is 2.63 bits per heavy atom. The van der Waals surface area contributed by atoms with E-state index in [1.807, 2.05) is 0 Å². The van der Waals surface area contributed by atoms with Crippen molar-refractivity contribution in [2.24, 2.45) is 39.9 Å². The summed E-state index contributed by atoms with van der Waals surface area (Å²) in [6.45, 7) is 11.2. The summed E-state index contributed by atoms with van der Waals surface area (Å²) in [6, 6.07) is 0. The van der Waals surface area contributed by atoms with E-state index in [-0.39, 0.29) is 54.1 Å². The number of ether oxygens (including phenoxy) is 5. The third kappa shape index (κ3) is 2.93. The molecule has 2 unspecified atom stereocenters. The monoisotopic (exact) mass is 490 g/mol. The molecule has 12 atom stereocenters. The third-order valence-electron chi connectivity index (χ3n) is 11.6. The SMILES string of the molecule is COC(=O)CC1[C@@]2(C)[C@@H](O)C[C@@H](OC)[C@@]3(C)CO[C@@H]([C@H]4O[C@@H]5C[C@@H](C6CCOC6)C(C)=C5[C@@]14C)[C@@H]32. The average molecular weight is 491 g/mol. The summed E-state index contributed by atoms with van der Waals surface area (Å²) in [5.41, 5.74) is 1.56. The fourth-order valence-corrected chi connectivity index (χ4v) is 10.1. The number of allylic oxidation sites excluding steroid dienone is 1. The van der Waals surface area contributed by atoms with Crippen LogP contribution in [0.25, 0.3) is 0 Å². The van der Waals surface area contributed by atoms with Gasteiger partial charge in [0.15, 0.2) is 0 Å². The van der Waals surface area contributed by atoms with Gasteiger partial charge in [0.05, 0.1) is 50.8 Å². The smallest absolute Gasteiger partial charge is 0.305 e. The Labute approximate surface area is 208 Å². The van der Waals surface area contributed by atoms with Crippen LogP contribution < -0.4 is 0 Å². The molecule has 196 valence electrons. The number of carbonyl (C=O) groups is 1. The Kier molecular flexibility index (Phi) is 5.57. The number of carbonyl (C=O) groups excluding carboxylic acids is 1. The highest BCUT2D eigenvalue weighted by Gasteiger charge is 2.77. The summed E-state index contributed by atoms with van der Waals surface area (Å²) in [4.78, 5) is 12.9. The first-order valence-electron chi connectivity index (χ1n) is 13.5. The van der Waals surface area contributed by atoms with E-state index in [1.165, 1.54) is 18.3 Å². The van der Waals surface area contributed by atoms with Crippen LogP contribution in [0.2, 0.25) is 0 Å². The maximum atomic E-state index is 12.9. The Balaban J connectivity index is 1.51. The van der Waals surface area contributed by atoms with Gasteiger partial charge in [-0.2, -0.15) is 0 Å². The van der Waals surface area contributed by atoms with Crippen LogP contribution in [-0.4, -0.2) is 75.6 Å². The largest absolute Gasteiger partial charge is 0.469 e. The van der Waals surface area contributed by atoms with Crippen LogP contribution in [-0.2, 0) is 28.5 Å². The van der Waals surface area contributed by atoms with Crippen LogP contribution in [0.4, 0.5) is 0 Å². The molecular formula is C28H42O7. The first-order valence-corrected chi connectivity index (χ1v) is 13.5. The van der Waals surface area contributed by atoms with E-state index in [0.717, 1.165) is 26.1 Å². The van der Waals surface area contributed by atoms with Gasteiger partial charge in [-0.1, -0.05) is 26.3 Å². The number of hydrogen-bond acceptors (Lipinski definition) is 7. The number of fused-ring (bicyclic) bond motifs is 4. The fraction of sp³-hybridized carbons (Fsp3) is 0.893. The molecule has 1 N–H and O–H groups in total. The van der Waals surface area contributed by atoms with E-state index in [0.29, 0.717) is 24.9 Å². The fourth-order valence-electron chi connectivity index (χ4n) is 10.1. The highest BCUT2D eigenvalue weighted by molar-refractivity contribution is 5.70. The van der Waals surface area contributed by atoms with Gasteiger partial charge >= 0.3 is 5.97 Å². The van der Waals surface area contributed by atoms with Crippen molar-refractivity contribution < 1.29 is 33.6 Å². The maximum Gasteiger partial charge on any atom is 0.305 e. The summed E-state index contributed by atoms with van der Waals surface area (Å²) in [7, 11) is 3.19. The van der Waals surface area contributed by atoms with Gasteiger partial charge in [0, 0.05) is 48.7 Å². The first-order chi connectivity index (χ1) is 16.6. The number of aliphatic hydroxyl groups excluding tert-OH is 1. The minimum atomic E-state index is -0.609. The zero-order chi connectivity index (χ0) is 24.9. The minimum absolute atomic E-state index is 0.0233. The number of rotatable bonds is 4. The van der Waals surface area contributed by atoms with E-state index < -0.39 is 16.9 Å². The summed E-state index contributed by atoms with van der Waals surface area (Å²) in [5, 5.41) is 11.8.